The summed E-state index contributed by atoms with van der Waals surface area (Å²) in [6.45, 7) is 5.23. The van der Waals surface area contributed by atoms with Gasteiger partial charge in [-0.25, -0.2) is 0 Å². The molecule has 0 spiro atoms. The summed E-state index contributed by atoms with van der Waals surface area (Å²) >= 11 is 6.17. The second-order valence-electron chi connectivity index (χ2n) is 9.51. The summed E-state index contributed by atoms with van der Waals surface area (Å²) in [6.07, 6.45) is 5.44. The van der Waals surface area contributed by atoms with Crippen LogP contribution in [0.4, 0.5) is 0 Å². The van der Waals surface area contributed by atoms with E-state index in [1.807, 2.05) is 65.3 Å². The van der Waals surface area contributed by atoms with Gasteiger partial charge >= 0.3 is 0 Å². The first-order valence-corrected chi connectivity index (χ1v) is 12.3. The minimum atomic E-state index is -0.412. The molecule has 2 amide bonds. The van der Waals surface area contributed by atoms with E-state index >= 15 is 0 Å². The largest absolute Gasteiger partial charge is 0.493 e. The lowest BCUT2D eigenvalue weighted by molar-refractivity contribution is -0.136. The van der Waals surface area contributed by atoms with Gasteiger partial charge in [0.1, 0.15) is 5.75 Å². The molecule has 0 aliphatic carbocycles. The molecule has 0 saturated carbocycles. The van der Waals surface area contributed by atoms with Gasteiger partial charge in [-0.2, -0.15) is 0 Å². The molecule has 2 aromatic rings. The third kappa shape index (κ3) is 5.89. The molecule has 2 aromatic carbocycles. The molecular formula is C27H33ClN2O3. The first kappa shape index (κ1) is 23.6. The predicted octanol–water partition coefficient (Wildman–Crippen LogP) is 5.35. The van der Waals surface area contributed by atoms with Crippen LogP contribution in [0.15, 0.2) is 48.5 Å². The molecule has 6 heteroatoms. The van der Waals surface area contributed by atoms with Crippen molar-refractivity contribution in [3.05, 3.63) is 64.7 Å². The molecule has 2 saturated heterocycles. The highest BCUT2D eigenvalue weighted by atomic mass is 35.5. The molecule has 0 bridgehead atoms. The van der Waals surface area contributed by atoms with Gasteiger partial charge in [-0.3, -0.25) is 9.59 Å². The van der Waals surface area contributed by atoms with Crippen molar-refractivity contribution in [1.82, 2.24) is 9.80 Å². The van der Waals surface area contributed by atoms with E-state index < -0.39 is 5.41 Å². The maximum atomic E-state index is 13.3. The fourth-order valence-electron chi connectivity index (χ4n) is 4.98. The lowest BCUT2D eigenvalue weighted by atomic mass is 9.77. The molecule has 176 valence electrons. The fraction of sp³-hybridized carbons (Fsp3) is 0.481. The quantitative estimate of drug-likeness (QED) is 0.574. The van der Waals surface area contributed by atoms with E-state index in [-0.39, 0.29) is 11.8 Å². The molecule has 5 nitrogen and oxygen atoms in total. The third-order valence-electron chi connectivity index (χ3n) is 6.88. The Balaban J connectivity index is 1.53. The van der Waals surface area contributed by atoms with Crippen LogP contribution in [0, 0.1) is 12.3 Å². The summed E-state index contributed by atoms with van der Waals surface area (Å²) in [5.41, 5.74) is 1.23. The van der Waals surface area contributed by atoms with E-state index in [2.05, 4.69) is 0 Å². The zero-order valence-electron chi connectivity index (χ0n) is 19.4. The van der Waals surface area contributed by atoms with Crippen molar-refractivity contribution < 1.29 is 14.3 Å². The van der Waals surface area contributed by atoms with E-state index in [9.17, 15) is 9.59 Å². The van der Waals surface area contributed by atoms with Gasteiger partial charge in [0.2, 0.25) is 5.91 Å². The molecule has 1 unspecified atom stereocenters. The molecule has 2 fully saturated rings. The Morgan fingerprint density at radius 2 is 1.70 bits per heavy atom. The standard InChI is InChI=1S/C27H33ClN2O3/c1-21-17-23(11-12-24(21)28)33-20-27(18-25(31)29-14-6-3-7-15-29)13-8-16-30(19-27)26(32)22-9-4-2-5-10-22/h2,4-5,9-12,17H,3,6-8,13-16,18-20H2,1H3. The van der Waals surface area contributed by atoms with Crippen molar-refractivity contribution in [3.8, 4) is 5.75 Å². The van der Waals surface area contributed by atoms with Crippen LogP contribution < -0.4 is 4.74 Å². The molecule has 2 aliphatic heterocycles. The summed E-state index contributed by atoms with van der Waals surface area (Å²) in [4.78, 5) is 30.4. The minimum absolute atomic E-state index is 0.0208. The number of ether oxygens (including phenoxy) is 1. The minimum Gasteiger partial charge on any atom is -0.493 e. The Hall–Kier alpha value is -2.53. The zero-order chi connectivity index (χ0) is 23.3. The highest BCUT2D eigenvalue weighted by Crippen LogP contribution is 2.36. The van der Waals surface area contributed by atoms with Crippen LogP contribution in [0.25, 0.3) is 0 Å². The SMILES string of the molecule is Cc1cc(OCC2(CC(=O)N3CCCCC3)CCCN(C(=O)c3ccccc3)C2)ccc1Cl. The number of carbonyl (C=O) groups excluding carboxylic acids is 2. The summed E-state index contributed by atoms with van der Waals surface area (Å²) in [5.74, 6) is 0.945. The average Bonchev–Trinajstić information content (AvgIpc) is 2.85. The molecule has 0 radical (unpaired) electrons. The van der Waals surface area contributed by atoms with Gasteiger partial charge in [0.25, 0.3) is 5.91 Å². The van der Waals surface area contributed by atoms with Crippen LogP contribution in [0.1, 0.15) is 54.4 Å². The fourth-order valence-corrected chi connectivity index (χ4v) is 5.09. The number of rotatable bonds is 6. The van der Waals surface area contributed by atoms with Crippen molar-refractivity contribution in [2.75, 3.05) is 32.8 Å². The Morgan fingerprint density at radius 1 is 0.970 bits per heavy atom. The van der Waals surface area contributed by atoms with Crippen molar-refractivity contribution >= 4 is 23.4 Å². The average molecular weight is 469 g/mol. The van der Waals surface area contributed by atoms with E-state index in [4.69, 9.17) is 16.3 Å². The van der Waals surface area contributed by atoms with Crippen molar-refractivity contribution in [3.63, 3.8) is 0 Å². The van der Waals surface area contributed by atoms with Gasteiger partial charge in [0.15, 0.2) is 0 Å². The number of halogens is 1. The van der Waals surface area contributed by atoms with Gasteiger partial charge in [0, 0.05) is 48.6 Å². The van der Waals surface area contributed by atoms with Crippen LogP contribution in [0.2, 0.25) is 5.02 Å². The highest BCUT2D eigenvalue weighted by molar-refractivity contribution is 6.31. The molecule has 4 rings (SSSR count). The number of nitrogens with zero attached hydrogens (tertiary/aromatic N) is 2. The smallest absolute Gasteiger partial charge is 0.253 e. The number of piperidine rings is 2. The first-order valence-electron chi connectivity index (χ1n) is 12.0. The van der Waals surface area contributed by atoms with Crippen molar-refractivity contribution in [2.24, 2.45) is 5.41 Å². The van der Waals surface area contributed by atoms with E-state index in [1.54, 1.807) is 0 Å². The Labute approximate surface area is 201 Å². The molecule has 0 aromatic heterocycles. The predicted molar refractivity (Wildman–Crippen MR) is 131 cm³/mol. The number of likely N-dealkylation sites (tertiary alicyclic amines) is 2. The van der Waals surface area contributed by atoms with Crippen LogP contribution in [-0.2, 0) is 4.79 Å². The van der Waals surface area contributed by atoms with E-state index in [0.29, 0.717) is 36.7 Å². The lowest BCUT2D eigenvalue weighted by Gasteiger charge is -2.43. The lowest BCUT2D eigenvalue weighted by Crippen LogP contribution is -2.51. The Kier molecular flexibility index (Phi) is 7.59. The number of aryl methyl sites for hydroxylation is 1. The number of hydrogen-bond acceptors (Lipinski definition) is 3. The molecule has 1 atom stereocenters. The van der Waals surface area contributed by atoms with Crippen LogP contribution in [-0.4, -0.2) is 54.4 Å². The topological polar surface area (TPSA) is 49.9 Å². The van der Waals surface area contributed by atoms with E-state index in [1.165, 1.54) is 6.42 Å². The highest BCUT2D eigenvalue weighted by Gasteiger charge is 2.41. The van der Waals surface area contributed by atoms with Crippen LogP contribution in [0.3, 0.4) is 0 Å². The number of hydrogen-bond donors (Lipinski definition) is 0. The van der Waals surface area contributed by atoms with Crippen LogP contribution >= 0.6 is 11.6 Å². The van der Waals surface area contributed by atoms with Gasteiger partial charge in [-0.1, -0.05) is 29.8 Å². The van der Waals surface area contributed by atoms with Gasteiger partial charge in [-0.15, -0.1) is 0 Å². The molecule has 0 N–H and O–H groups in total. The monoisotopic (exact) mass is 468 g/mol. The zero-order valence-corrected chi connectivity index (χ0v) is 20.2. The van der Waals surface area contributed by atoms with Gasteiger partial charge in [0.05, 0.1) is 6.61 Å². The van der Waals surface area contributed by atoms with Gasteiger partial charge in [-0.05, 0) is 74.9 Å². The van der Waals surface area contributed by atoms with Gasteiger partial charge < -0.3 is 14.5 Å². The number of carbonyl (C=O) groups is 2. The Morgan fingerprint density at radius 3 is 2.42 bits per heavy atom. The third-order valence-corrected chi connectivity index (χ3v) is 7.30. The summed E-state index contributed by atoms with van der Waals surface area (Å²) in [5, 5.41) is 0.703. The van der Waals surface area contributed by atoms with Crippen LogP contribution in [0.5, 0.6) is 5.75 Å². The van der Waals surface area contributed by atoms with Crippen molar-refractivity contribution in [2.45, 2.75) is 45.4 Å². The maximum Gasteiger partial charge on any atom is 0.253 e. The number of amides is 2. The molecular weight excluding hydrogens is 436 g/mol. The Bertz CT molecular complexity index is 975. The normalized spacial score (nSPS) is 21.0. The molecule has 2 heterocycles. The second kappa shape index (κ2) is 10.6. The maximum absolute atomic E-state index is 13.3. The number of benzene rings is 2. The van der Waals surface area contributed by atoms with Crippen molar-refractivity contribution in [1.29, 1.82) is 0 Å². The molecule has 33 heavy (non-hydrogen) atoms. The summed E-state index contributed by atoms with van der Waals surface area (Å²) < 4.78 is 6.24. The first-order chi connectivity index (χ1) is 16.0. The second-order valence-corrected chi connectivity index (χ2v) is 9.92. The molecule has 2 aliphatic rings. The summed E-state index contributed by atoms with van der Waals surface area (Å²) in [6, 6.07) is 15.0. The van der Waals surface area contributed by atoms with E-state index in [0.717, 1.165) is 50.1 Å². The summed E-state index contributed by atoms with van der Waals surface area (Å²) in [7, 11) is 0.